The molecule has 14 aromatic rings. The van der Waals surface area contributed by atoms with Gasteiger partial charge in [0.2, 0.25) is 0 Å². The van der Waals surface area contributed by atoms with Crippen LogP contribution in [0.2, 0.25) is 0 Å². The Balaban J connectivity index is 1.45. The van der Waals surface area contributed by atoms with Crippen molar-refractivity contribution in [1.82, 2.24) is 0 Å². The summed E-state index contributed by atoms with van der Waals surface area (Å²) >= 11 is 0. The molecule has 7 heteroatoms. The SMILES string of the molecule is c1ccc([Si](c2ccccc2)[Si](c2ccccc2)(c2ccccc2)[Si](c2ccccc2)(c2ccccc2)[Si](c2ccccc2)(c2ccccc2)[Si](c2ccccc2)(c2ccccc2)[Si](c2ccccc2)(c2ccccc2)[Si](c2ccccc2)c2ccccc2)cc1. The minimum atomic E-state index is -4.28. The number of benzene rings is 14. The number of rotatable bonds is 20. The largest absolute Gasteiger partial charge is 0.121 e. The highest BCUT2D eigenvalue weighted by molar-refractivity contribution is 8.14. The summed E-state index contributed by atoms with van der Waals surface area (Å²) in [7, 11) is -24.6. The Hall–Kier alpha value is -9.40. The maximum Gasteiger partial charge on any atom is 0.121 e. The van der Waals surface area contributed by atoms with Crippen LogP contribution in [-0.2, 0) is 0 Å². The summed E-state index contributed by atoms with van der Waals surface area (Å²) in [4.78, 5) is 0. The molecule has 14 rings (SSSR count). The second-order valence-corrected chi connectivity index (χ2v) is 73.7. The van der Waals surface area contributed by atoms with Gasteiger partial charge in [-0.3, -0.25) is 0 Å². The van der Waals surface area contributed by atoms with E-state index in [9.17, 15) is 0 Å². The van der Waals surface area contributed by atoms with E-state index in [0.717, 1.165) is 0 Å². The second kappa shape index (κ2) is 26.6. The fourth-order valence-corrected chi connectivity index (χ4v) is 184. The van der Waals surface area contributed by atoms with Gasteiger partial charge in [-0.05, 0) is 0 Å². The van der Waals surface area contributed by atoms with Gasteiger partial charge < -0.3 is 0 Å². The van der Waals surface area contributed by atoms with Gasteiger partial charge in [0.15, 0.2) is 0 Å². The summed E-state index contributed by atoms with van der Waals surface area (Å²) in [5.41, 5.74) is 0. The maximum absolute atomic E-state index is 4.28. The van der Waals surface area contributed by atoms with Crippen LogP contribution in [-0.4, -0.2) is 52.2 Å². The van der Waals surface area contributed by atoms with E-state index in [1.807, 2.05) is 0 Å². The van der Waals surface area contributed by atoms with Crippen molar-refractivity contribution in [2.24, 2.45) is 0 Å². The lowest BCUT2D eigenvalue weighted by Gasteiger charge is -2.69. The third-order valence-electron chi connectivity index (χ3n) is 19.3. The van der Waals surface area contributed by atoms with E-state index in [4.69, 9.17) is 0 Å². The molecule has 0 heterocycles. The van der Waals surface area contributed by atoms with E-state index < -0.39 is 52.2 Å². The van der Waals surface area contributed by atoms with E-state index in [2.05, 4.69) is 425 Å². The molecule has 0 amide bonds. The first-order chi connectivity index (χ1) is 45.2. The van der Waals surface area contributed by atoms with Crippen molar-refractivity contribution in [3.63, 3.8) is 0 Å². The molecule has 0 aromatic heterocycles. The molecule has 0 bridgehead atoms. The summed E-state index contributed by atoms with van der Waals surface area (Å²) in [6.07, 6.45) is 0. The van der Waals surface area contributed by atoms with Crippen LogP contribution in [0.25, 0.3) is 0 Å². The van der Waals surface area contributed by atoms with Gasteiger partial charge in [-0.25, -0.2) is 0 Å². The minimum absolute atomic E-state index is 1.44. The summed E-state index contributed by atoms with van der Waals surface area (Å²) < 4.78 is 0. The van der Waals surface area contributed by atoms with Crippen molar-refractivity contribution in [3.05, 3.63) is 425 Å². The highest BCUT2D eigenvalue weighted by Crippen LogP contribution is 2.42. The molecular weight excluding hydrogens is 1210 g/mol. The third kappa shape index (κ3) is 9.70. The van der Waals surface area contributed by atoms with Gasteiger partial charge in [0.25, 0.3) is 0 Å². The third-order valence-corrected chi connectivity index (χ3v) is 120. The predicted octanol–water partition coefficient (Wildman–Crippen LogP) is 9.39. The van der Waals surface area contributed by atoms with Crippen molar-refractivity contribution < 1.29 is 0 Å². The molecule has 0 nitrogen and oxygen atoms in total. The average Bonchev–Trinajstić information content (AvgIpc) is 0.630. The molecule has 91 heavy (non-hydrogen) atoms. The van der Waals surface area contributed by atoms with Gasteiger partial charge in [-0.15, -0.1) is 0 Å². The Bertz CT molecular complexity index is 4000. The Morgan fingerprint density at radius 3 is 0.396 bits per heavy atom. The number of hydrogen-bond acceptors (Lipinski definition) is 0. The summed E-state index contributed by atoms with van der Waals surface area (Å²) in [6, 6.07) is 173. The Labute approximate surface area is 545 Å². The first-order valence-electron chi connectivity index (χ1n) is 31.7. The standard InChI is InChI=1S/C84H70Si7/c1-15-43-71(44-16-1)85(72-45-17-2-18-46-72)87(75-51-23-5-24-52-75,76-53-25-6-26-54-76)89(79-59-31-9-32-60-79,80-61-33-10-34-62-80)91(83-67-39-13-40-68-83,84-69-41-14-42-70-84)90(81-63-35-11-36-64-81,82-65-37-12-38-66-82)88(77-55-27-7-28-56-77,78-57-29-8-30-58-78)86(73-47-19-3-20-48-73)74-49-21-4-22-50-74/h1-70H. The van der Waals surface area contributed by atoms with Crippen molar-refractivity contribution in [2.75, 3.05) is 0 Å². The van der Waals surface area contributed by atoms with Crippen LogP contribution in [0.4, 0.5) is 0 Å². The summed E-state index contributed by atoms with van der Waals surface area (Å²) in [5, 5.41) is 20.7. The summed E-state index contributed by atoms with van der Waals surface area (Å²) in [6.45, 7) is 0. The lowest BCUT2D eigenvalue weighted by Crippen LogP contribution is -3.15. The molecule has 0 fully saturated rings. The predicted molar refractivity (Wildman–Crippen MR) is 405 cm³/mol. The lowest BCUT2D eigenvalue weighted by atomic mass is 10.4. The molecule has 0 N–H and O–H groups in total. The van der Waals surface area contributed by atoms with Crippen molar-refractivity contribution in [3.8, 4) is 0 Å². The molecule has 0 aliphatic rings. The molecule has 0 aliphatic carbocycles. The van der Waals surface area contributed by atoms with Crippen LogP contribution in [0.5, 0.6) is 0 Å². The van der Waals surface area contributed by atoms with Gasteiger partial charge in [0.1, 0.15) is 52.2 Å². The first kappa shape index (κ1) is 59.2. The van der Waals surface area contributed by atoms with Crippen molar-refractivity contribution >= 4 is 125 Å². The second-order valence-electron chi connectivity index (χ2n) is 23.6. The first-order valence-corrected chi connectivity index (χ1v) is 50.7. The zero-order valence-corrected chi connectivity index (χ0v) is 57.9. The van der Waals surface area contributed by atoms with Crippen molar-refractivity contribution in [2.45, 2.75) is 0 Å². The Morgan fingerprint density at radius 1 is 0.121 bits per heavy atom. The maximum atomic E-state index is 2.69. The molecule has 14 aromatic carbocycles. The van der Waals surface area contributed by atoms with Crippen molar-refractivity contribution in [1.29, 1.82) is 0 Å². The lowest BCUT2D eigenvalue weighted by molar-refractivity contribution is 1.68. The molecular formula is C84H70Si7. The molecule has 0 saturated carbocycles. The van der Waals surface area contributed by atoms with Crippen LogP contribution in [0, 0.1) is 0 Å². The molecule has 434 valence electrons. The fraction of sp³-hybridized carbons (Fsp3) is 0. The van der Waals surface area contributed by atoms with E-state index in [-0.39, 0.29) is 0 Å². The minimum Gasteiger partial charge on any atom is -0.0631 e. The van der Waals surface area contributed by atoms with E-state index >= 15 is 0 Å². The van der Waals surface area contributed by atoms with Crippen LogP contribution in [0.15, 0.2) is 425 Å². The normalized spacial score (nSPS) is 12.2. The zero-order valence-electron chi connectivity index (χ0n) is 50.9. The van der Waals surface area contributed by atoms with E-state index in [0.29, 0.717) is 0 Å². The molecule has 2 radical (unpaired) electrons. The zero-order chi connectivity index (χ0) is 61.2. The van der Waals surface area contributed by atoms with E-state index in [1.165, 1.54) is 72.6 Å². The van der Waals surface area contributed by atoms with Gasteiger partial charge in [0, 0.05) is 0 Å². The molecule has 0 unspecified atom stereocenters. The fourth-order valence-electron chi connectivity index (χ4n) is 16.6. The van der Waals surface area contributed by atoms with E-state index in [1.54, 1.807) is 0 Å². The highest BCUT2D eigenvalue weighted by Gasteiger charge is 2.84. The number of hydrogen-bond donors (Lipinski definition) is 0. The Morgan fingerprint density at radius 2 is 0.242 bits per heavy atom. The average molecular weight is 1280 g/mol. The molecule has 0 spiro atoms. The van der Waals surface area contributed by atoms with Crippen LogP contribution >= 0.6 is 0 Å². The van der Waals surface area contributed by atoms with Gasteiger partial charge in [-0.1, -0.05) is 497 Å². The molecule has 0 aliphatic heterocycles. The van der Waals surface area contributed by atoms with Gasteiger partial charge in [-0.2, -0.15) is 0 Å². The highest BCUT2D eigenvalue weighted by atomic mass is 30.1. The summed E-state index contributed by atoms with van der Waals surface area (Å²) in [5.74, 6) is 0. The smallest absolute Gasteiger partial charge is 0.0631 e. The quantitative estimate of drug-likeness (QED) is 0.0669. The molecule has 0 saturated heterocycles. The monoisotopic (exact) mass is 1270 g/mol. The van der Waals surface area contributed by atoms with Crippen LogP contribution in [0.1, 0.15) is 0 Å². The topological polar surface area (TPSA) is 0 Å². The van der Waals surface area contributed by atoms with Gasteiger partial charge >= 0.3 is 0 Å². The molecule has 0 atom stereocenters. The van der Waals surface area contributed by atoms with Gasteiger partial charge in [0.05, 0.1) is 0 Å². The Kier molecular flexibility index (Phi) is 17.3. The van der Waals surface area contributed by atoms with Crippen LogP contribution < -0.4 is 72.6 Å². The van der Waals surface area contributed by atoms with Crippen LogP contribution in [0.3, 0.4) is 0 Å².